The van der Waals surface area contributed by atoms with Crippen LogP contribution in [0.4, 0.5) is 0 Å². The maximum atomic E-state index is 10.4. The largest absolute Gasteiger partial charge is 0.384 e. The first-order chi connectivity index (χ1) is 7.76. The molecule has 0 radical (unpaired) electrons. The van der Waals surface area contributed by atoms with E-state index in [-0.39, 0.29) is 0 Å². The summed E-state index contributed by atoms with van der Waals surface area (Å²) in [5.41, 5.74) is -0.555. The molecule has 1 N–H and O–H groups in total. The van der Waals surface area contributed by atoms with Gasteiger partial charge in [-0.15, -0.1) is 11.3 Å². The molecule has 2 aliphatic carbocycles. The highest BCUT2D eigenvalue weighted by molar-refractivity contribution is 7.09. The van der Waals surface area contributed by atoms with Crippen molar-refractivity contribution in [2.75, 3.05) is 0 Å². The molecule has 4 atom stereocenters. The van der Waals surface area contributed by atoms with Crippen molar-refractivity contribution >= 4 is 11.3 Å². The second kappa shape index (κ2) is 3.54. The Labute approximate surface area is 98.8 Å². The van der Waals surface area contributed by atoms with Gasteiger partial charge < -0.3 is 5.11 Å². The molecule has 1 heterocycles. The molecule has 0 spiro atoms. The van der Waals surface area contributed by atoms with E-state index in [1.807, 2.05) is 5.38 Å². The average Bonchev–Trinajstić information content (AvgIpc) is 3.03. The standard InChI is InChI=1S/C12H14N2OS/c13-7-12(6-8-1-2-9(12)5-8)10(15)11-14-3-4-16-11/h3-4,8-10,15H,1-2,5-6H2. The van der Waals surface area contributed by atoms with Crippen molar-refractivity contribution in [3.63, 3.8) is 0 Å². The van der Waals surface area contributed by atoms with Gasteiger partial charge in [-0.3, -0.25) is 0 Å². The highest BCUT2D eigenvalue weighted by Crippen LogP contribution is 2.60. The van der Waals surface area contributed by atoms with Crippen molar-refractivity contribution < 1.29 is 5.11 Å². The third kappa shape index (κ3) is 1.25. The van der Waals surface area contributed by atoms with Crippen LogP contribution >= 0.6 is 11.3 Å². The van der Waals surface area contributed by atoms with E-state index in [0.717, 1.165) is 19.3 Å². The molecule has 0 aromatic carbocycles. The number of nitriles is 1. The number of aromatic nitrogens is 1. The summed E-state index contributed by atoms with van der Waals surface area (Å²) in [6, 6.07) is 2.41. The lowest BCUT2D eigenvalue weighted by molar-refractivity contribution is 0.0232. The smallest absolute Gasteiger partial charge is 0.124 e. The minimum Gasteiger partial charge on any atom is -0.384 e. The van der Waals surface area contributed by atoms with Gasteiger partial charge in [-0.1, -0.05) is 6.42 Å². The molecule has 3 rings (SSSR count). The molecule has 1 aromatic heterocycles. The van der Waals surface area contributed by atoms with E-state index in [9.17, 15) is 10.4 Å². The molecule has 3 nitrogen and oxygen atoms in total. The van der Waals surface area contributed by atoms with E-state index in [1.165, 1.54) is 17.8 Å². The van der Waals surface area contributed by atoms with Crippen LogP contribution in [0.25, 0.3) is 0 Å². The van der Waals surface area contributed by atoms with Crippen LogP contribution in [-0.2, 0) is 0 Å². The Bertz CT molecular complexity index is 425. The highest BCUT2D eigenvalue weighted by Gasteiger charge is 2.56. The summed E-state index contributed by atoms with van der Waals surface area (Å²) in [4.78, 5) is 4.15. The lowest BCUT2D eigenvalue weighted by Gasteiger charge is -2.34. The molecule has 2 saturated carbocycles. The van der Waals surface area contributed by atoms with E-state index in [1.54, 1.807) is 6.20 Å². The predicted octanol–water partition coefficient (Wildman–Crippen LogP) is 2.51. The Morgan fingerprint density at radius 1 is 1.62 bits per heavy atom. The van der Waals surface area contributed by atoms with Crippen LogP contribution in [0.5, 0.6) is 0 Å². The van der Waals surface area contributed by atoms with Gasteiger partial charge in [0.15, 0.2) is 0 Å². The van der Waals surface area contributed by atoms with Gasteiger partial charge in [0.1, 0.15) is 11.1 Å². The highest BCUT2D eigenvalue weighted by atomic mass is 32.1. The maximum Gasteiger partial charge on any atom is 0.124 e. The summed E-state index contributed by atoms with van der Waals surface area (Å²) in [7, 11) is 0. The lowest BCUT2D eigenvalue weighted by Crippen LogP contribution is -2.33. The summed E-state index contributed by atoms with van der Waals surface area (Å²) < 4.78 is 0. The van der Waals surface area contributed by atoms with E-state index in [2.05, 4.69) is 11.1 Å². The summed E-state index contributed by atoms with van der Waals surface area (Å²) in [6.45, 7) is 0. The van der Waals surface area contributed by atoms with Crippen molar-refractivity contribution in [2.45, 2.75) is 31.8 Å². The molecule has 0 amide bonds. The molecule has 1 aromatic rings. The summed E-state index contributed by atoms with van der Waals surface area (Å²) in [5.74, 6) is 1.03. The van der Waals surface area contributed by atoms with Crippen molar-refractivity contribution in [1.29, 1.82) is 5.26 Å². The fraction of sp³-hybridized carbons (Fsp3) is 0.667. The second-order valence-electron chi connectivity index (χ2n) is 5.01. The number of fused-ring (bicyclic) bond motifs is 2. The maximum absolute atomic E-state index is 10.4. The molecule has 2 fully saturated rings. The first-order valence-corrected chi connectivity index (χ1v) is 6.63. The number of rotatable bonds is 2. The molecular weight excluding hydrogens is 220 g/mol. The zero-order valence-electron chi connectivity index (χ0n) is 8.97. The molecule has 4 heteroatoms. The lowest BCUT2D eigenvalue weighted by atomic mass is 9.70. The van der Waals surface area contributed by atoms with Crippen molar-refractivity contribution in [2.24, 2.45) is 17.3 Å². The van der Waals surface area contributed by atoms with Gasteiger partial charge in [-0.05, 0) is 31.1 Å². The third-order valence-corrected chi connectivity index (χ3v) is 5.11. The molecule has 0 aliphatic heterocycles. The fourth-order valence-electron chi connectivity index (χ4n) is 3.50. The van der Waals surface area contributed by atoms with Crippen LogP contribution in [0, 0.1) is 28.6 Å². The van der Waals surface area contributed by atoms with E-state index in [0.29, 0.717) is 16.8 Å². The van der Waals surface area contributed by atoms with Crippen molar-refractivity contribution in [1.82, 2.24) is 4.98 Å². The summed E-state index contributed by atoms with van der Waals surface area (Å²) >= 11 is 1.45. The Kier molecular flexibility index (Phi) is 2.27. The molecule has 16 heavy (non-hydrogen) atoms. The number of aliphatic hydroxyl groups is 1. The molecule has 2 aliphatic rings. The van der Waals surface area contributed by atoms with Crippen LogP contribution in [0.3, 0.4) is 0 Å². The van der Waals surface area contributed by atoms with Gasteiger partial charge in [0, 0.05) is 11.6 Å². The zero-order valence-corrected chi connectivity index (χ0v) is 9.78. The quantitative estimate of drug-likeness (QED) is 0.855. The van der Waals surface area contributed by atoms with Gasteiger partial charge in [0.2, 0.25) is 0 Å². The topological polar surface area (TPSA) is 56.9 Å². The van der Waals surface area contributed by atoms with Gasteiger partial charge in [0.05, 0.1) is 11.5 Å². The van der Waals surface area contributed by atoms with Crippen LogP contribution in [0.15, 0.2) is 11.6 Å². The molecule has 84 valence electrons. The fourth-order valence-corrected chi connectivity index (χ4v) is 4.22. The van der Waals surface area contributed by atoms with E-state index in [4.69, 9.17) is 0 Å². The Morgan fingerprint density at radius 2 is 2.50 bits per heavy atom. The number of aliphatic hydroxyl groups excluding tert-OH is 1. The first-order valence-electron chi connectivity index (χ1n) is 5.75. The Balaban J connectivity index is 1.95. The number of hydrogen-bond acceptors (Lipinski definition) is 4. The molecule has 2 bridgehead atoms. The van der Waals surface area contributed by atoms with Gasteiger partial charge in [-0.2, -0.15) is 5.26 Å². The van der Waals surface area contributed by atoms with E-state index >= 15 is 0 Å². The van der Waals surface area contributed by atoms with Gasteiger partial charge >= 0.3 is 0 Å². The minimum absolute atomic E-state index is 0.376. The molecule has 0 saturated heterocycles. The third-order valence-electron chi connectivity index (χ3n) is 4.28. The van der Waals surface area contributed by atoms with Gasteiger partial charge in [-0.25, -0.2) is 4.98 Å². The SMILES string of the molecule is N#CC1(C(O)c2nccs2)CC2CCC1C2. The first kappa shape index (κ1) is 10.2. The molecule has 4 unspecified atom stereocenters. The monoisotopic (exact) mass is 234 g/mol. The minimum atomic E-state index is -0.687. The number of thiazole rings is 1. The second-order valence-corrected chi connectivity index (χ2v) is 5.93. The number of hydrogen-bond donors (Lipinski definition) is 1. The van der Waals surface area contributed by atoms with E-state index < -0.39 is 11.5 Å². The number of nitrogens with zero attached hydrogens (tertiary/aromatic N) is 2. The van der Waals surface area contributed by atoms with Crippen LogP contribution in [-0.4, -0.2) is 10.1 Å². The summed E-state index contributed by atoms with van der Waals surface area (Å²) in [5, 5.41) is 22.4. The van der Waals surface area contributed by atoms with Gasteiger partial charge in [0.25, 0.3) is 0 Å². The van der Waals surface area contributed by atoms with Crippen LogP contribution < -0.4 is 0 Å². The van der Waals surface area contributed by atoms with Crippen LogP contribution in [0.1, 0.15) is 36.8 Å². The molecular formula is C12H14N2OS. The normalized spacial score (nSPS) is 38.5. The van der Waals surface area contributed by atoms with Crippen LogP contribution in [0.2, 0.25) is 0 Å². The van der Waals surface area contributed by atoms with Crippen molar-refractivity contribution in [3.8, 4) is 6.07 Å². The average molecular weight is 234 g/mol. The zero-order chi connectivity index (χ0) is 11.2. The summed E-state index contributed by atoms with van der Waals surface area (Å²) in [6.07, 6.45) is 5.32. The predicted molar refractivity (Wildman–Crippen MR) is 60.6 cm³/mol. The Morgan fingerprint density at radius 3 is 3.00 bits per heavy atom. The Hall–Kier alpha value is -0.920. The van der Waals surface area contributed by atoms with Crippen molar-refractivity contribution in [3.05, 3.63) is 16.6 Å².